The van der Waals surface area contributed by atoms with Crippen LogP contribution in [0.15, 0.2) is 39.6 Å². The van der Waals surface area contributed by atoms with Crippen molar-refractivity contribution in [2.45, 2.75) is 26.7 Å². The van der Waals surface area contributed by atoms with E-state index in [1.807, 2.05) is 19.1 Å². The number of carbonyl (C=O) groups is 1. The second-order valence-corrected chi connectivity index (χ2v) is 5.00. The molecule has 128 valence electrons. The number of para-hydroxylation sites is 1. The van der Waals surface area contributed by atoms with Crippen molar-refractivity contribution in [3.63, 3.8) is 0 Å². The van der Waals surface area contributed by atoms with E-state index in [-0.39, 0.29) is 23.7 Å². The number of ether oxygens (including phenoxy) is 3. The third-order valence-corrected chi connectivity index (χ3v) is 3.21. The van der Waals surface area contributed by atoms with Crippen molar-refractivity contribution in [3.8, 4) is 17.2 Å². The molecule has 1 aromatic heterocycles. The minimum Gasteiger partial charge on any atom is -0.493 e. The van der Waals surface area contributed by atoms with E-state index in [4.69, 9.17) is 18.6 Å². The SMILES string of the molecule is CCC=CCCOc1c(OC(C)=O)c2cccc(OC)c2oc1=O. The molecule has 6 heteroatoms. The zero-order valence-electron chi connectivity index (χ0n) is 14.0. The predicted molar refractivity (Wildman–Crippen MR) is 89.9 cm³/mol. The van der Waals surface area contributed by atoms with E-state index in [0.717, 1.165) is 6.42 Å². The summed E-state index contributed by atoms with van der Waals surface area (Å²) in [5.41, 5.74) is -0.512. The Morgan fingerprint density at radius 1 is 1.25 bits per heavy atom. The van der Waals surface area contributed by atoms with E-state index in [2.05, 4.69) is 0 Å². The van der Waals surface area contributed by atoms with Gasteiger partial charge in [0.1, 0.15) is 0 Å². The van der Waals surface area contributed by atoms with Crippen molar-refractivity contribution in [1.29, 1.82) is 0 Å². The lowest BCUT2D eigenvalue weighted by Gasteiger charge is -2.12. The molecule has 0 saturated heterocycles. The van der Waals surface area contributed by atoms with Crippen LogP contribution in [0, 0.1) is 0 Å². The molecule has 0 aliphatic carbocycles. The molecule has 0 radical (unpaired) electrons. The molecule has 2 aromatic rings. The van der Waals surface area contributed by atoms with Gasteiger partial charge in [0, 0.05) is 6.92 Å². The van der Waals surface area contributed by atoms with Gasteiger partial charge in [-0.25, -0.2) is 4.79 Å². The average Bonchev–Trinajstić information content (AvgIpc) is 2.55. The number of hydrogen-bond donors (Lipinski definition) is 0. The minimum absolute atomic E-state index is 0.0483. The number of allylic oxidation sites excluding steroid dienone is 1. The van der Waals surface area contributed by atoms with Gasteiger partial charge in [0.05, 0.1) is 19.1 Å². The third-order valence-electron chi connectivity index (χ3n) is 3.21. The van der Waals surface area contributed by atoms with Crippen LogP contribution in [0.5, 0.6) is 17.2 Å². The fraction of sp³-hybridized carbons (Fsp3) is 0.333. The third kappa shape index (κ3) is 3.95. The Kier molecular flexibility index (Phi) is 6.01. The van der Waals surface area contributed by atoms with Gasteiger partial charge >= 0.3 is 11.6 Å². The summed E-state index contributed by atoms with van der Waals surface area (Å²) >= 11 is 0. The first-order chi connectivity index (χ1) is 11.6. The van der Waals surface area contributed by atoms with E-state index in [0.29, 0.717) is 17.6 Å². The lowest BCUT2D eigenvalue weighted by Crippen LogP contribution is -2.13. The number of esters is 1. The topological polar surface area (TPSA) is 75.0 Å². The van der Waals surface area contributed by atoms with E-state index in [1.165, 1.54) is 14.0 Å². The molecule has 0 bridgehead atoms. The Labute approximate surface area is 139 Å². The normalized spacial score (nSPS) is 11.0. The van der Waals surface area contributed by atoms with Crippen LogP contribution < -0.4 is 19.8 Å². The van der Waals surface area contributed by atoms with E-state index < -0.39 is 11.6 Å². The van der Waals surface area contributed by atoms with Crippen molar-refractivity contribution >= 4 is 16.9 Å². The molecule has 2 rings (SSSR count). The maximum Gasteiger partial charge on any atom is 0.383 e. The zero-order valence-corrected chi connectivity index (χ0v) is 14.0. The summed E-state index contributed by atoms with van der Waals surface area (Å²) < 4.78 is 21.2. The summed E-state index contributed by atoms with van der Waals surface area (Å²) in [6.07, 6.45) is 5.51. The number of carbonyl (C=O) groups excluding carboxylic acids is 1. The summed E-state index contributed by atoms with van der Waals surface area (Å²) in [4.78, 5) is 23.7. The van der Waals surface area contributed by atoms with Crippen LogP contribution >= 0.6 is 0 Å². The van der Waals surface area contributed by atoms with Gasteiger partial charge in [0.15, 0.2) is 17.1 Å². The highest BCUT2D eigenvalue weighted by Crippen LogP contribution is 2.36. The molecule has 0 aliphatic heterocycles. The highest BCUT2D eigenvalue weighted by molar-refractivity contribution is 5.91. The number of methoxy groups -OCH3 is 1. The lowest BCUT2D eigenvalue weighted by molar-refractivity contribution is -0.131. The summed E-state index contributed by atoms with van der Waals surface area (Å²) in [6.45, 7) is 3.56. The van der Waals surface area contributed by atoms with Gasteiger partial charge in [-0.05, 0) is 25.0 Å². The molecule has 0 N–H and O–H groups in total. The van der Waals surface area contributed by atoms with E-state index in [9.17, 15) is 9.59 Å². The maximum atomic E-state index is 12.3. The summed E-state index contributed by atoms with van der Waals surface area (Å²) in [5.74, 6) is -0.251. The van der Waals surface area contributed by atoms with Gasteiger partial charge < -0.3 is 18.6 Å². The van der Waals surface area contributed by atoms with Gasteiger partial charge in [0.2, 0.25) is 5.75 Å². The molecule has 1 heterocycles. The van der Waals surface area contributed by atoms with Crippen LogP contribution in [-0.2, 0) is 4.79 Å². The summed E-state index contributed by atoms with van der Waals surface area (Å²) in [6, 6.07) is 5.03. The molecule has 0 amide bonds. The predicted octanol–water partition coefficient (Wildman–Crippen LogP) is 3.46. The smallest absolute Gasteiger partial charge is 0.383 e. The molecule has 0 saturated carbocycles. The zero-order chi connectivity index (χ0) is 17.5. The molecule has 0 unspecified atom stereocenters. The van der Waals surface area contributed by atoms with Crippen LogP contribution in [0.25, 0.3) is 11.0 Å². The second-order valence-electron chi connectivity index (χ2n) is 5.00. The fourth-order valence-corrected chi connectivity index (χ4v) is 2.20. The van der Waals surface area contributed by atoms with Crippen LogP contribution in [0.4, 0.5) is 0 Å². The first kappa shape index (κ1) is 17.6. The molecule has 0 spiro atoms. The monoisotopic (exact) mass is 332 g/mol. The summed E-state index contributed by atoms with van der Waals surface area (Å²) in [5, 5.41) is 0.434. The van der Waals surface area contributed by atoms with Crippen molar-refractivity contribution < 1.29 is 23.4 Å². The molecule has 0 fully saturated rings. The number of fused-ring (bicyclic) bond motifs is 1. The van der Waals surface area contributed by atoms with Crippen molar-refractivity contribution in [2.24, 2.45) is 0 Å². The Hall–Kier alpha value is -2.76. The Morgan fingerprint density at radius 2 is 2.04 bits per heavy atom. The van der Waals surface area contributed by atoms with Crippen LogP contribution in [0.2, 0.25) is 0 Å². The molecule has 0 atom stereocenters. The Balaban J connectivity index is 2.48. The van der Waals surface area contributed by atoms with Gasteiger partial charge in [-0.1, -0.05) is 25.1 Å². The van der Waals surface area contributed by atoms with Gasteiger partial charge in [-0.2, -0.15) is 0 Å². The first-order valence-electron chi connectivity index (χ1n) is 7.68. The molecule has 1 aromatic carbocycles. The highest BCUT2D eigenvalue weighted by atomic mass is 16.6. The van der Waals surface area contributed by atoms with Crippen molar-refractivity contribution in [3.05, 3.63) is 40.8 Å². The quantitative estimate of drug-likeness (QED) is 0.334. The largest absolute Gasteiger partial charge is 0.493 e. The second kappa shape index (κ2) is 8.19. The van der Waals surface area contributed by atoms with Gasteiger partial charge in [-0.15, -0.1) is 0 Å². The standard InChI is InChI=1S/C18H20O6/c1-4-5-6-7-11-22-17-16(23-12(2)19)13-9-8-10-14(21-3)15(13)24-18(17)20/h5-6,8-10H,4,7,11H2,1-3H3. The summed E-state index contributed by atoms with van der Waals surface area (Å²) in [7, 11) is 1.46. The van der Waals surface area contributed by atoms with Gasteiger partial charge in [-0.3, -0.25) is 4.79 Å². The van der Waals surface area contributed by atoms with Crippen LogP contribution in [0.1, 0.15) is 26.7 Å². The van der Waals surface area contributed by atoms with Crippen LogP contribution in [0.3, 0.4) is 0 Å². The Bertz CT molecular complexity index is 803. The lowest BCUT2D eigenvalue weighted by atomic mass is 10.2. The van der Waals surface area contributed by atoms with Crippen molar-refractivity contribution in [1.82, 2.24) is 0 Å². The number of benzene rings is 1. The van der Waals surface area contributed by atoms with Crippen molar-refractivity contribution in [2.75, 3.05) is 13.7 Å². The molecule has 0 aliphatic rings. The Morgan fingerprint density at radius 3 is 2.71 bits per heavy atom. The fourth-order valence-electron chi connectivity index (χ4n) is 2.20. The molecular weight excluding hydrogens is 312 g/mol. The van der Waals surface area contributed by atoms with Crippen LogP contribution in [-0.4, -0.2) is 19.7 Å². The first-order valence-corrected chi connectivity index (χ1v) is 7.68. The minimum atomic E-state index is -0.720. The number of rotatable bonds is 7. The highest BCUT2D eigenvalue weighted by Gasteiger charge is 2.21. The molecule has 6 nitrogen and oxygen atoms in total. The van der Waals surface area contributed by atoms with E-state index in [1.54, 1.807) is 18.2 Å². The van der Waals surface area contributed by atoms with E-state index >= 15 is 0 Å². The van der Waals surface area contributed by atoms with Gasteiger partial charge in [0.25, 0.3) is 0 Å². The average molecular weight is 332 g/mol. The maximum absolute atomic E-state index is 12.3. The molecular formula is C18H20O6. The number of hydrogen-bond acceptors (Lipinski definition) is 6. The molecule has 24 heavy (non-hydrogen) atoms.